The van der Waals surface area contributed by atoms with Crippen LogP contribution in [0.5, 0.6) is 0 Å². The van der Waals surface area contributed by atoms with Gasteiger partial charge in [-0.05, 0) is 37.5 Å². The normalized spacial score (nSPS) is 27.2. The summed E-state index contributed by atoms with van der Waals surface area (Å²) in [5.41, 5.74) is 0.799. The van der Waals surface area contributed by atoms with Crippen molar-refractivity contribution in [1.29, 1.82) is 0 Å². The molecule has 2 atom stereocenters. The second-order valence-corrected chi connectivity index (χ2v) is 10.9. The monoisotopic (exact) mass is 437 g/mol. The summed E-state index contributed by atoms with van der Waals surface area (Å²) >= 11 is 6.31. The number of hydrogen-bond donors (Lipinski definition) is 2. The van der Waals surface area contributed by atoms with Crippen LogP contribution in [-0.4, -0.2) is 56.9 Å². The second kappa shape index (κ2) is 7.10. The van der Waals surface area contributed by atoms with Crippen molar-refractivity contribution in [1.82, 2.24) is 24.1 Å². The van der Waals surface area contributed by atoms with Crippen LogP contribution in [0.1, 0.15) is 25.7 Å². The first-order valence-corrected chi connectivity index (χ1v) is 11.8. The minimum atomic E-state index is -3.07. The van der Waals surface area contributed by atoms with Crippen molar-refractivity contribution in [2.75, 3.05) is 23.7 Å². The van der Waals surface area contributed by atoms with Crippen LogP contribution < -0.4 is 10.6 Å². The van der Waals surface area contributed by atoms with E-state index in [0.29, 0.717) is 41.7 Å². The van der Waals surface area contributed by atoms with Crippen molar-refractivity contribution in [2.24, 2.45) is 18.9 Å². The van der Waals surface area contributed by atoms with Crippen LogP contribution >= 0.6 is 11.6 Å². The fourth-order valence-electron chi connectivity index (χ4n) is 4.50. The summed E-state index contributed by atoms with van der Waals surface area (Å²) in [5, 5.41) is 11.0. The fourth-order valence-corrected chi connectivity index (χ4v) is 6.59. The molecule has 0 bridgehead atoms. The van der Waals surface area contributed by atoms with E-state index in [2.05, 4.69) is 25.7 Å². The minimum Gasteiger partial charge on any atom is -0.366 e. The van der Waals surface area contributed by atoms with E-state index in [1.165, 1.54) is 0 Å². The highest BCUT2D eigenvalue weighted by Crippen LogP contribution is 2.43. The van der Waals surface area contributed by atoms with Gasteiger partial charge in [-0.15, -0.1) is 0 Å². The molecule has 0 spiro atoms. The van der Waals surface area contributed by atoms with E-state index in [-0.39, 0.29) is 11.3 Å². The third kappa shape index (κ3) is 3.80. The Balaban J connectivity index is 1.22. The number of rotatable bonds is 6. The highest BCUT2D eigenvalue weighted by atomic mass is 35.5. The Bertz CT molecular complexity index is 1010. The zero-order chi connectivity index (χ0) is 20.2. The molecule has 2 N–H and O–H groups in total. The molecule has 29 heavy (non-hydrogen) atoms. The average molecular weight is 438 g/mol. The van der Waals surface area contributed by atoms with Crippen LogP contribution in [0.25, 0.3) is 0 Å². The quantitative estimate of drug-likeness (QED) is 0.713. The van der Waals surface area contributed by atoms with Crippen molar-refractivity contribution in [3.05, 3.63) is 23.6 Å². The van der Waals surface area contributed by atoms with Crippen LogP contribution in [0.4, 0.5) is 17.5 Å². The lowest BCUT2D eigenvalue weighted by molar-refractivity contribution is 0.439. The predicted molar refractivity (Wildman–Crippen MR) is 111 cm³/mol. The number of nitrogens with zero attached hydrogens (tertiary/aromatic N) is 5. The van der Waals surface area contributed by atoms with Crippen LogP contribution in [-0.2, 0) is 17.1 Å². The molecule has 9 nitrogen and oxygen atoms in total. The molecule has 156 valence electrons. The van der Waals surface area contributed by atoms with Gasteiger partial charge in [0, 0.05) is 32.4 Å². The number of anilines is 3. The highest BCUT2D eigenvalue weighted by Gasteiger charge is 2.48. The molecule has 1 saturated heterocycles. The zero-order valence-corrected chi connectivity index (χ0v) is 17.7. The van der Waals surface area contributed by atoms with Crippen molar-refractivity contribution < 1.29 is 8.42 Å². The molecular weight excluding hydrogens is 414 g/mol. The van der Waals surface area contributed by atoms with Crippen molar-refractivity contribution in [3.8, 4) is 0 Å². The zero-order valence-electron chi connectivity index (χ0n) is 16.1. The molecule has 1 aliphatic heterocycles. The van der Waals surface area contributed by atoms with E-state index in [1.807, 2.05) is 13.2 Å². The van der Waals surface area contributed by atoms with Crippen LogP contribution in [0.2, 0.25) is 5.02 Å². The smallest absolute Gasteiger partial charge is 0.229 e. The summed E-state index contributed by atoms with van der Waals surface area (Å²) in [6, 6.07) is 0.231. The molecule has 0 aromatic carbocycles. The van der Waals surface area contributed by atoms with E-state index in [9.17, 15) is 8.42 Å². The Hall–Kier alpha value is -1.91. The summed E-state index contributed by atoms with van der Waals surface area (Å²) in [6.45, 7) is 1.29. The van der Waals surface area contributed by atoms with Crippen LogP contribution in [0.15, 0.2) is 18.6 Å². The molecule has 2 aromatic heterocycles. The molecule has 2 unspecified atom stereocenters. The lowest BCUT2D eigenvalue weighted by atomic mass is 10.0. The van der Waals surface area contributed by atoms with Crippen LogP contribution in [0, 0.1) is 11.8 Å². The van der Waals surface area contributed by atoms with Gasteiger partial charge in [0.05, 0.1) is 23.3 Å². The van der Waals surface area contributed by atoms with E-state index in [4.69, 9.17) is 11.6 Å². The Labute approximate surface area is 174 Å². The Morgan fingerprint density at radius 1 is 1.17 bits per heavy atom. The molecule has 3 fully saturated rings. The van der Waals surface area contributed by atoms with Gasteiger partial charge in [-0.2, -0.15) is 10.1 Å². The molecule has 5 rings (SSSR count). The number of hydrogen-bond acceptors (Lipinski definition) is 7. The van der Waals surface area contributed by atoms with Crippen molar-refractivity contribution >= 4 is 39.1 Å². The van der Waals surface area contributed by atoms with Gasteiger partial charge in [0.25, 0.3) is 0 Å². The van der Waals surface area contributed by atoms with Gasteiger partial charge in [-0.3, -0.25) is 4.68 Å². The van der Waals surface area contributed by atoms with Gasteiger partial charge in [-0.25, -0.2) is 17.7 Å². The van der Waals surface area contributed by atoms with E-state index in [0.717, 1.165) is 31.4 Å². The van der Waals surface area contributed by atoms with Gasteiger partial charge < -0.3 is 10.6 Å². The number of halogens is 1. The number of aromatic nitrogens is 4. The van der Waals surface area contributed by atoms with Crippen molar-refractivity contribution in [2.45, 2.75) is 37.0 Å². The third-order valence-corrected chi connectivity index (χ3v) is 8.68. The first-order chi connectivity index (χ1) is 13.9. The largest absolute Gasteiger partial charge is 0.366 e. The Kier molecular flexibility index (Phi) is 4.67. The Morgan fingerprint density at radius 3 is 2.52 bits per heavy atom. The van der Waals surface area contributed by atoms with Crippen molar-refractivity contribution in [3.63, 3.8) is 0 Å². The molecule has 2 aromatic rings. The maximum Gasteiger partial charge on any atom is 0.229 e. The Morgan fingerprint density at radius 2 is 1.90 bits per heavy atom. The summed E-state index contributed by atoms with van der Waals surface area (Å²) in [5.74, 6) is 1.84. The number of fused-ring (bicyclic) bond motifs is 1. The van der Waals surface area contributed by atoms with Crippen LogP contribution in [0.3, 0.4) is 0 Å². The SMILES string of the molecule is Cn1cc(Nc2ncc(Cl)c(NC3CC4CN(S(=O)(=O)C5CC5)CC4C3)n2)cn1. The summed E-state index contributed by atoms with van der Waals surface area (Å²) < 4.78 is 28.4. The topological polar surface area (TPSA) is 105 Å². The maximum absolute atomic E-state index is 12.5. The predicted octanol–water partition coefficient (Wildman–Crippen LogP) is 2.22. The standard InChI is InChI=1S/C18H24ClN7O2S/c1-25-10-14(6-21-25)23-18-20-7-16(19)17(24-18)22-13-4-11-8-26(9-12(11)5-13)29(27,28)15-2-3-15/h6-7,10-13,15H,2-5,8-9H2,1H3,(H2,20,22,23,24). The lowest BCUT2D eigenvalue weighted by Gasteiger charge is -2.20. The maximum atomic E-state index is 12.5. The van der Waals surface area contributed by atoms with Gasteiger partial charge >= 0.3 is 0 Å². The number of nitrogens with one attached hydrogen (secondary N) is 2. The summed E-state index contributed by atoms with van der Waals surface area (Å²) in [4.78, 5) is 8.74. The molecule has 0 amide bonds. The average Bonchev–Trinajstić information content (AvgIpc) is 3.20. The van der Waals surface area contributed by atoms with Gasteiger partial charge in [0.1, 0.15) is 5.02 Å². The number of aryl methyl sites for hydroxylation is 1. The fraction of sp³-hybridized carbons (Fsp3) is 0.611. The first-order valence-electron chi connectivity index (χ1n) is 9.92. The molecule has 2 aliphatic carbocycles. The van der Waals surface area contributed by atoms with Gasteiger partial charge in [0.15, 0.2) is 5.82 Å². The summed E-state index contributed by atoms with van der Waals surface area (Å²) in [7, 11) is -1.23. The molecule has 3 aliphatic rings. The molecule has 11 heteroatoms. The van der Waals surface area contributed by atoms with E-state index in [1.54, 1.807) is 21.4 Å². The summed E-state index contributed by atoms with van der Waals surface area (Å²) in [6.07, 6.45) is 8.60. The molecule has 2 saturated carbocycles. The third-order valence-electron chi connectivity index (χ3n) is 6.07. The first kappa shape index (κ1) is 19.1. The molecule has 3 heterocycles. The van der Waals surface area contributed by atoms with Gasteiger partial charge in [-0.1, -0.05) is 11.6 Å². The van der Waals surface area contributed by atoms with Gasteiger partial charge in [0.2, 0.25) is 16.0 Å². The lowest BCUT2D eigenvalue weighted by Crippen LogP contribution is -2.33. The minimum absolute atomic E-state index is 0.124. The van der Waals surface area contributed by atoms with E-state index >= 15 is 0 Å². The van der Waals surface area contributed by atoms with E-state index < -0.39 is 10.0 Å². The second-order valence-electron chi connectivity index (χ2n) is 8.31. The highest BCUT2D eigenvalue weighted by molar-refractivity contribution is 7.90. The number of sulfonamides is 1. The molecule has 0 radical (unpaired) electrons. The molecular formula is C18H24ClN7O2S.